The highest BCUT2D eigenvalue weighted by atomic mass is 16.6. The van der Waals surface area contributed by atoms with E-state index < -0.39 is 16.7 Å². The lowest BCUT2D eigenvalue weighted by Crippen LogP contribution is -2.23. The summed E-state index contributed by atoms with van der Waals surface area (Å²) in [6.07, 6.45) is 4.04. The van der Waals surface area contributed by atoms with Crippen LogP contribution in [-0.4, -0.2) is 16.7 Å². The number of nitrogens with zero attached hydrogens (tertiary/aromatic N) is 1. The third kappa shape index (κ3) is 4.27. The third-order valence-electron chi connectivity index (χ3n) is 4.37. The molecule has 1 fully saturated rings. The first kappa shape index (κ1) is 17.7. The summed E-state index contributed by atoms with van der Waals surface area (Å²) < 4.78 is 4.86. The van der Waals surface area contributed by atoms with Gasteiger partial charge in [-0.15, -0.1) is 0 Å². The number of nitro groups is 1. The molecule has 1 aliphatic carbocycles. The molecule has 2 N–H and O–H groups in total. The number of carbonyl (C=O) groups excluding carboxylic acids is 2. The smallest absolute Gasteiger partial charge is 0.395 e. The van der Waals surface area contributed by atoms with E-state index in [0.29, 0.717) is 5.69 Å². The fourth-order valence-corrected chi connectivity index (χ4v) is 3.01. The van der Waals surface area contributed by atoms with E-state index in [0.717, 1.165) is 37.3 Å². The summed E-state index contributed by atoms with van der Waals surface area (Å²) in [4.78, 5) is 34.1. The summed E-state index contributed by atoms with van der Waals surface area (Å²) in [6, 6.07) is 9.59. The lowest BCUT2D eigenvalue weighted by atomic mass is 10.1. The number of benzene rings is 1. The molecular formula is C18H19N3O5. The van der Waals surface area contributed by atoms with Crippen molar-refractivity contribution < 1.29 is 18.9 Å². The molecule has 0 atom stereocenters. The van der Waals surface area contributed by atoms with E-state index in [1.165, 1.54) is 6.07 Å². The summed E-state index contributed by atoms with van der Waals surface area (Å²) in [6.45, 7) is 0.209. The van der Waals surface area contributed by atoms with E-state index in [4.69, 9.17) is 4.42 Å². The molecule has 1 aromatic heterocycles. The molecule has 2 aromatic rings. The molecular weight excluding hydrogens is 338 g/mol. The van der Waals surface area contributed by atoms with Crippen molar-refractivity contribution in [2.75, 3.05) is 5.32 Å². The highest BCUT2D eigenvalue weighted by Gasteiger charge is 2.22. The number of carbonyl (C=O) groups is 2. The Morgan fingerprint density at radius 1 is 1.19 bits per heavy atom. The molecule has 0 spiro atoms. The first-order valence-corrected chi connectivity index (χ1v) is 8.45. The third-order valence-corrected chi connectivity index (χ3v) is 4.37. The predicted molar refractivity (Wildman–Crippen MR) is 93.6 cm³/mol. The van der Waals surface area contributed by atoms with Crippen molar-refractivity contribution in [2.45, 2.75) is 32.2 Å². The minimum Gasteiger partial charge on any atom is -0.395 e. The maximum absolute atomic E-state index is 12.2. The number of rotatable bonds is 6. The van der Waals surface area contributed by atoms with Gasteiger partial charge < -0.3 is 15.1 Å². The van der Waals surface area contributed by atoms with Crippen LogP contribution < -0.4 is 10.6 Å². The fourth-order valence-electron chi connectivity index (χ4n) is 3.01. The predicted octanol–water partition coefficient (Wildman–Crippen LogP) is 3.25. The fraction of sp³-hybridized carbons (Fsp3) is 0.333. The highest BCUT2D eigenvalue weighted by Crippen LogP contribution is 2.26. The zero-order valence-corrected chi connectivity index (χ0v) is 14.1. The van der Waals surface area contributed by atoms with Gasteiger partial charge in [0.15, 0.2) is 5.76 Å². The molecule has 8 nitrogen and oxygen atoms in total. The standard InChI is InChI=1S/C18H19N3O5/c22-17(13-5-1-2-6-13)20-14-7-3-4-12(10-14)11-19-18(23)15-8-9-16(26-15)21(24)25/h3-4,7-10,13H,1-2,5-6,11H2,(H,19,23)(H,20,22). The van der Waals surface area contributed by atoms with E-state index >= 15 is 0 Å². The second kappa shape index (κ2) is 7.81. The zero-order chi connectivity index (χ0) is 18.5. The molecule has 0 unspecified atom stereocenters. The topological polar surface area (TPSA) is 114 Å². The van der Waals surface area contributed by atoms with Gasteiger partial charge in [-0.3, -0.25) is 19.7 Å². The number of amides is 2. The van der Waals surface area contributed by atoms with Crippen LogP contribution in [0, 0.1) is 16.0 Å². The first-order valence-electron chi connectivity index (χ1n) is 8.45. The maximum Gasteiger partial charge on any atom is 0.433 e. The van der Waals surface area contributed by atoms with Gasteiger partial charge in [0.1, 0.15) is 4.92 Å². The molecule has 136 valence electrons. The van der Waals surface area contributed by atoms with Crippen LogP contribution in [0.15, 0.2) is 40.8 Å². The molecule has 1 aromatic carbocycles. The summed E-state index contributed by atoms with van der Waals surface area (Å²) >= 11 is 0. The number of hydrogen-bond donors (Lipinski definition) is 2. The van der Waals surface area contributed by atoms with Gasteiger partial charge in [0.05, 0.1) is 6.07 Å². The van der Waals surface area contributed by atoms with Crippen LogP contribution in [0.4, 0.5) is 11.6 Å². The van der Waals surface area contributed by atoms with Crippen LogP contribution in [0.25, 0.3) is 0 Å². The number of furan rings is 1. The molecule has 1 aliphatic rings. The zero-order valence-electron chi connectivity index (χ0n) is 14.1. The SMILES string of the molecule is O=C(NCc1cccc(NC(=O)C2CCCC2)c1)c1ccc([N+](=O)[O-])o1. The van der Waals surface area contributed by atoms with E-state index in [2.05, 4.69) is 10.6 Å². The van der Waals surface area contributed by atoms with Crippen molar-refractivity contribution in [3.63, 3.8) is 0 Å². The number of nitrogens with one attached hydrogen (secondary N) is 2. The summed E-state index contributed by atoms with van der Waals surface area (Å²) in [5.41, 5.74) is 1.48. The maximum atomic E-state index is 12.2. The van der Waals surface area contributed by atoms with Crippen molar-refractivity contribution in [1.82, 2.24) is 5.32 Å². The van der Waals surface area contributed by atoms with Gasteiger partial charge >= 0.3 is 5.88 Å². The molecule has 0 aliphatic heterocycles. The van der Waals surface area contributed by atoms with E-state index in [1.54, 1.807) is 18.2 Å². The summed E-state index contributed by atoms with van der Waals surface area (Å²) in [7, 11) is 0. The Morgan fingerprint density at radius 3 is 2.65 bits per heavy atom. The van der Waals surface area contributed by atoms with Crippen molar-refractivity contribution in [3.8, 4) is 0 Å². The summed E-state index contributed by atoms with van der Waals surface area (Å²) in [5, 5.41) is 16.1. The van der Waals surface area contributed by atoms with Gasteiger partial charge in [-0.2, -0.15) is 0 Å². The van der Waals surface area contributed by atoms with Crippen LogP contribution >= 0.6 is 0 Å². The number of anilines is 1. The van der Waals surface area contributed by atoms with Gasteiger partial charge in [-0.25, -0.2) is 0 Å². The van der Waals surface area contributed by atoms with E-state index in [9.17, 15) is 19.7 Å². The van der Waals surface area contributed by atoms with Crippen LogP contribution in [0.5, 0.6) is 0 Å². The Balaban J connectivity index is 1.56. The molecule has 1 saturated carbocycles. The quantitative estimate of drug-likeness (QED) is 0.608. The molecule has 0 bridgehead atoms. The van der Waals surface area contributed by atoms with E-state index in [-0.39, 0.29) is 24.1 Å². The average molecular weight is 357 g/mol. The van der Waals surface area contributed by atoms with Crippen molar-refractivity contribution in [1.29, 1.82) is 0 Å². The normalized spacial score (nSPS) is 14.2. The van der Waals surface area contributed by atoms with Crippen LogP contribution in [0.2, 0.25) is 0 Å². The highest BCUT2D eigenvalue weighted by molar-refractivity contribution is 5.93. The molecule has 26 heavy (non-hydrogen) atoms. The van der Waals surface area contributed by atoms with Crippen molar-refractivity contribution in [2.24, 2.45) is 5.92 Å². The lowest BCUT2D eigenvalue weighted by molar-refractivity contribution is -0.402. The molecule has 1 heterocycles. The molecule has 0 radical (unpaired) electrons. The van der Waals surface area contributed by atoms with Gasteiger partial charge in [0, 0.05) is 18.2 Å². The summed E-state index contributed by atoms with van der Waals surface area (Å²) in [5.74, 6) is -1.03. The Bertz CT molecular complexity index is 824. The van der Waals surface area contributed by atoms with Gasteiger partial charge in [0.25, 0.3) is 5.91 Å². The monoisotopic (exact) mass is 357 g/mol. The van der Waals surface area contributed by atoms with Crippen LogP contribution in [-0.2, 0) is 11.3 Å². The van der Waals surface area contributed by atoms with Crippen LogP contribution in [0.1, 0.15) is 41.8 Å². The Morgan fingerprint density at radius 2 is 1.96 bits per heavy atom. The Kier molecular flexibility index (Phi) is 5.31. The molecule has 8 heteroatoms. The van der Waals surface area contributed by atoms with Crippen molar-refractivity contribution in [3.05, 3.63) is 57.8 Å². The second-order valence-electron chi connectivity index (χ2n) is 6.25. The minimum absolute atomic E-state index is 0.0339. The molecule has 3 rings (SSSR count). The second-order valence-corrected chi connectivity index (χ2v) is 6.25. The Labute approximate surface area is 149 Å². The first-order chi connectivity index (χ1) is 12.5. The van der Waals surface area contributed by atoms with Gasteiger partial charge in [0.2, 0.25) is 5.91 Å². The largest absolute Gasteiger partial charge is 0.433 e. The van der Waals surface area contributed by atoms with Gasteiger partial charge in [-0.05, 0) is 36.6 Å². The van der Waals surface area contributed by atoms with E-state index in [1.807, 2.05) is 6.07 Å². The molecule has 2 amide bonds. The van der Waals surface area contributed by atoms with Crippen molar-refractivity contribution >= 4 is 23.4 Å². The number of hydrogen-bond acceptors (Lipinski definition) is 5. The minimum atomic E-state index is -0.701. The molecule has 0 saturated heterocycles. The Hall–Kier alpha value is -3.16. The average Bonchev–Trinajstić information content (AvgIpc) is 3.31. The van der Waals surface area contributed by atoms with Crippen LogP contribution in [0.3, 0.4) is 0 Å². The lowest BCUT2D eigenvalue weighted by Gasteiger charge is -2.11. The van der Waals surface area contributed by atoms with Gasteiger partial charge in [-0.1, -0.05) is 25.0 Å².